The Morgan fingerprint density at radius 3 is 2.44 bits per heavy atom. The highest BCUT2D eigenvalue weighted by atomic mass is 19.2. The Kier molecular flexibility index (Phi) is 7.98. The van der Waals surface area contributed by atoms with Crippen LogP contribution in [-0.2, 0) is 14.3 Å². The number of carbonyl (C=O) groups is 2. The predicted octanol–water partition coefficient (Wildman–Crippen LogP) is 2.31. The van der Waals surface area contributed by atoms with Crippen molar-refractivity contribution in [1.29, 1.82) is 0 Å². The second-order valence-electron chi connectivity index (χ2n) is 5.25. The first-order valence-corrected chi connectivity index (χ1v) is 7.74. The molecule has 0 saturated heterocycles. The van der Waals surface area contributed by atoms with Crippen molar-refractivity contribution in [3.63, 3.8) is 0 Å². The zero-order chi connectivity index (χ0) is 20.7. The molecule has 1 aromatic rings. The van der Waals surface area contributed by atoms with Crippen LogP contribution in [0.2, 0.25) is 0 Å². The third-order valence-corrected chi connectivity index (χ3v) is 3.09. The first-order chi connectivity index (χ1) is 12.6. The molecule has 0 bridgehead atoms. The lowest BCUT2D eigenvalue weighted by atomic mass is 10.1. The highest BCUT2D eigenvalue weighted by Crippen LogP contribution is 2.31. The Bertz CT molecular complexity index is 791. The van der Waals surface area contributed by atoms with Crippen molar-refractivity contribution in [2.75, 3.05) is 13.2 Å². The van der Waals surface area contributed by atoms with Crippen LogP contribution in [0.4, 0.5) is 13.2 Å². The minimum Gasteiger partial charge on any atom is -0.506 e. The molecule has 0 spiro atoms. The Morgan fingerprint density at radius 2 is 1.93 bits per heavy atom. The minimum absolute atomic E-state index is 0.0992. The zero-order valence-electron chi connectivity index (χ0n) is 14.8. The molecule has 0 aliphatic carbocycles. The van der Waals surface area contributed by atoms with Crippen molar-refractivity contribution in [2.45, 2.75) is 26.8 Å². The number of nitrogens with zero attached hydrogens (tertiary/aromatic N) is 1. The van der Waals surface area contributed by atoms with E-state index in [1.807, 2.05) is 0 Å². The molecule has 0 fully saturated rings. The van der Waals surface area contributed by atoms with Gasteiger partial charge in [-0.05, 0) is 19.9 Å². The average Bonchev–Trinajstić information content (AvgIpc) is 2.61. The maximum absolute atomic E-state index is 14.5. The van der Waals surface area contributed by atoms with Crippen LogP contribution >= 0.6 is 0 Å². The smallest absolute Gasteiger partial charge is 0.343 e. The van der Waals surface area contributed by atoms with Crippen molar-refractivity contribution < 1.29 is 42.4 Å². The molecule has 0 aromatic heterocycles. The molecule has 7 nitrogen and oxygen atoms in total. The van der Waals surface area contributed by atoms with E-state index >= 15 is 0 Å². The van der Waals surface area contributed by atoms with Crippen LogP contribution in [0.25, 0.3) is 5.76 Å². The van der Waals surface area contributed by atoms with Gasteiger partial charge in [0.05, 0.1) is 24.8 Å². The number of rotatable bonds is 7. The van der Waals surface area contributed by atoms with E-state index in [0.717, 1.165) is 13.1 Å². The summed E-state index contributed by atoms with van der Waals surface area (Å²) in [5.41, 5.74) is -1.62. The Labute approximate surface area is 152 Å². The molecule has 1 rings (SSSR count). The summed E-state index contributed by atoms with van der Waals surface area (Å²) in [4.78, 5) is 26.8. The normalized spacial score (nSPS) is 13.3. The zero-order valence-corrected chi connectivity index (χ0v) is 14.8. The number of carbonyl (C=O) groups excluding carboxylic acids is 2. The number of aliphatic hydroxyl groups is 2. The molecule has 1 unspecified atom stereocenters. The van der Waals surface area contributed by atoms with Crippen molar-refractivity contribution in [3.05, 3.63) is 34.7 Å². The van der Waals surface area contributed by atoms with E-state index in [0.29, 0.717) is 0 Å². The van der Waals surface area contributed by atoms with E-state index in [1.165, 1.54) is 13.8 Å². The second-order valence-corrected chi connectivity index (χ2v) is 5.25. The Hall–Kier alpha value is -2.88. The van der Waals surface area contributed by atoms with Gasteiger partial charge in [0, 0.05) is 13.1 Å². The number of esters is 2. The molecule has 1 atom stereocenters. The van der Waals surface area contributed by atoms with E-state index < -0.39 is 58.1 Å². The van der Waals surface area contributed by atoms with Crippen LogP contribution in [-0.4, -0.2) is 47.6 Å². The summed E-state index contributed by atoms with van der Waals surface area (Å²) in [5.74, 6) is -9.75. The lowest BCUT2D eigenvalue weighted by molar-refractivity contribution is -0.138. The minimum atomic E-state index is -1.78. The third kappa shape index (κ3) is 5.55. The first-order valence-electron chi connectivity index (χ1n) is 7.74. The lowest BCUT2D eigenvalue weighted by Crippen LogP contribution is -2.14. The van der Waals surface area contributed by atoms with Gasteiger partial charge in [0.2, 0.25) is 11.6 Å². The van der Waals surface area contributed by atoms with Gasteiger partial charge in [0.15, 0.2) is 11.6 Å². The van der Waals surface area contributed by atoms with Gasteiger partial charge in [-0.1, -0.05) is 0 Å². The van der Waals surface area contributed by atoms with Crippen LogP contribution < -0.4 is 4.74 Å². The monoisotopic (exact) mass is 389 g/mol. The standard InChI is InChI=1S/C17H18F3NO6/c1-4-26-17(25)11(6-21-8(2)7-22)15(24)10-5-12(18)14(20)16(13(10)19)27-9(3)23/h5-6,8,22,24H,4,7H2,1-3H3/b15-11-,21-6?. The molecule has 10 heteroatoms. The fourth-order valence-corrected chi connectivity index (χ4v) is 1.80. The van der Waals surface area contributed by atoms with Gasteiger partial charge >= 0.3 is 11.9 Å². The molecule has 0 amide bonds. The van der Waals surface area contributed by atoms with Crippen molar-refractivity contribution in [3.8, 4) is 5.75 Å². The van der Waals surface area contributed by atoms with Crippen molar-refractivity contribution in [1.82, 2.24) is 0 Å². The summed E-state index contributed by atoms with van der Waals surface area (Å²) in [5, 5.41) is 19.2. The molecular formula is C17H18F3NO6. The fourth-order valence-electron chi connectivity index (χ4n) is 1.80. The van der Waals surface area contributed by atoms with E-state index in [2.05, 4.69) is 9.73 Å². The Morgan fingerprint density at radius 1 is 1.30 bits per heavy atom. The number of hydrogen-bond donors (Lipinski definition) is 2. The number of ether oxygens (including phenoxy) is 2. The van der Waals surface area contributed by atoms with Gasteiger partial charge in [-0.2, -0.15) is 4.39 Å². The quantitative estimate of drug-likeness (QED) is 0.185. The van der Waals surface area contributed by atoms with Gasteiger partial charge in [0.25, 0.3) is 0 Å². The van der Waals surface area contributed by atoms with Crippen LogP contribution in [0.3, 0.4) is 0 Å². The molecule has 0 heterocycles. The Balaban J connectivity index is 3.64. The van der Waals surface area contributed by atoms with Gasteiger partial charge < -0.3 is 19.7 Å². The van der Waals surface area contributed by atoms with Crippen LogP contribution in [0.15, 0.2) is 16.6 Å². The maximum Gasteiger partial charge on any atom is 0.343 e. The van der Waals surface area contributed by atoms with Gasteiger partial charge in [-0.15, -0.1) is 0 Å². The highest BCUT2D eigenvalue weighted by molar-refractivity contribution is 6.15. The summed E-state index contributed by atoms with van der Waals surface area (Å²) in [6.07, 6.45) is 0.806. The number of aliphatic imine (C=N–C) groups is 1. The van der Waals surface area contributed by atoms with Gasteiger partial charge in [-0.25, -0.2) is 13.6 Å². The SMILES string of the molecule is CCOC(=O)/C(C=NC(C)CO)=C(\O)c1cc(F)c(F)c(OC(C)=O)c1F. The number of halogens is 3. The molecule has 0 aliphatic rings. The summed E-state index contributed by atoms with van der Waals surface area (Å²) >= 11 is 0. The molecule has 0 radical (unpaired) electrons. The highest BCUT2D eigenvalue weighted by Gasteiger charge is 2.26. The second kappa shape index (κ2) is 9.72. The lowest BCUT2D eigenvalue weighted by Gasteiger charge is -2.12. The summed E-state index contributed by atoms with van der Waals surface area (Å²) < 4.78 is 51.0. The molecule has 0 saturated carbocycles. The summed E-state index contributed by atoms with van der Waals surface area (Å²) in [6, 6.07) is -0.385. The maximum atomic E-state index is 14.5. The van der Waals surface area contributed by atoms with Gasteiger partial charge in [0.1, 0.15) is 11.3 Å². The van der Waals surface area contributed by atoms with Crippen molar-refractivity contribution >= 4 is 23.9 Å². The summed E-state index contributed by atoms with van der Waals surface area (Å²) in [6.45, 7) is 3.30. The largest absolute Gasteiger partial charge is 0.506 e. The number of benzene rings is 1. The molecule has 148 valence electrons. The van der Waals surface area contributed by atoms with Crippen LogP contribution in [0.1, 0.15) is 26.3 Å². The predicted molar refractivity (Wildman–Crippen MR) is 88.8 cm³/mol. The fraction of sp³-hybridized carbons (Fsp3) is 0.353. The van der Waals surface area contributed by atoms with E-state index in [-0.39, 0.29) is 19.3 Å². The van der Waals surface area contributed by atoms with Crippen LogP contribution in [0, 0.1) is 17.5 Å². The third-order valence-electron chi connectivity index (χ3n) is 3.09. The molecule has 0 aliphatic heterocycles. The van der Waals surface area contributed by atoms with E-state index in [1.54, 1.807) is 0 Å². The van der Waals surface area contributed by atoms with Gasteiger partial charge in [-0.3, -0.25) is 9.79 Å². The molecule has 2 N–H and O–H groups in total. The van der Waals surface area contributed by atoms with E-state index in [9.17, 15) is 27.9 Å². The van der Waals surface area contributed by atoms with Crippen molar-refractivity contribution in [2.24, 2.45) is 4.99 Å². The molecular weight excluding hydrogens is 371 g/mol. The van der Waals surface area contributed by atoms with Crippen LogP contribution in [0.5, 0.6) is 5.75 Å². The van der Waals surface area contributed by atoms with E-state index in [4.69, 9.17) is 9.84 Å². The molecule has 1 aromatic carbocycles. The topological polar surface area (TPSA) is 105 Å². The average molecular weight is 389 g/mol. The molecule has 27 heavy (non-hydrogen) atoms. The summed E-state index contributed by atoms with van der Waals surface area (Å²) in [7, 11) is 0. The first kappa shape index (κ1) is 22.2. The number of hydrogen-bond acceptors (Lipinski definition) is 7. The number of aliphatic hydroxyl groups excluding tert-OH is 2.